The molecule has 0 radical (unpaired) electrons. The van der Waals surface area contributed by atoms with E-state index in [2.05, 4.69) is 9.88 Å². The SMILES string of the molecule is Cc1ccccc1OCCn1c(CNC(=O)COc2ccc(Cl)cc2)nc2ccccc21. The molecule has 0 aliphatic heterocycles. The van der Waals surface area contributed by atoms with Crippen molar-refractivity contribution in [2.24, 2.45) is 0 Å². The van der Waals surface area contributed by atoms with E-state index in [1.165, 1.54) is 0 Å². The Morgan fingerprint density at radius 2 is 1.75 bits per heavy atom. The zero-order valence-electron chi connectivity index (χ0n) is 17.8. The Bertz CT molecular complexity index is 1200. The molecule has 1 N–H and O–H groups in total. The van der Waals surface area contributed by atoms with E-state index in [4.69, 9.17) is 26.1 Å². The van der Waals surface area contributed by atoms with Crippen LogP contribution in [0.4, 0.5) is 0 Å². The fourth-order valence-corrected chi connectivity index (χ4v) is 3.51. The number of para-hydroxylation sites is 3. The van der Waals surface area contributed by atoms with Gasteiger partial charge in [-0.15, -0.1) is 0 Å². The highest BCUT2D eigenvalue weighted by atomic mass is 35.5. The standard InChI is InChI=1S/C25H24ClN3O3/c1-18-6-2-5-9-23(18)31-15-14-29-22-8-4-3-7-21(22)28-24(29)16-27-25(30)17-32-20-12-10-19(26)11-13-20/h2-13H,14-17H2,1H3,(H,27,30). The molecule has 0 bridgehead atoms. The van der Waals surface area contributed by atoms with Gasteiger partial charge in [0.15, 0.2) is 6.61 Å². The zero-order valence-corrected chi connectivity index (χ0v) is 18.5. The summed E-state index contributed by atoms with van der Waals surface area (Å²) in [5.74, 6) is 1.99. The van der Waals surface area contributed by atoms with Crippen molar-refractivity contribution >= 4 is 28.5 Å². The number of aromatic nitrogens is 2. The van der Waals surface area contributed by atoms with Gasteiger partial charge >= 0.3 is 0 Å². The van der Waals surface area contributed by atoms with Crippen LogP contribution in [0.15, 0.2) is 72.8 Å². The molecule has 6 nitrogen and oxygen atoms in total. The average molecular weight is 450 g/mol. The number of rotatable bonds is 9. The number of aryl methyl sites for hydroxylation is 1. The largest absolute Gasteiger partial charge is 0.491 e. The van der Waals surface area contributed by atoms with E-state index in [1.807, 2.05) is 55.5 Å². The molecule has 1 amide bonds. The molecule has 7 heteroatoms. The van der Waals surface area contributed by atoms with Crippen molar-refractivity contribution in [3.05, 3.63) is 89.2 Å². The van der Waals surface area contributed by atoms with E-state index >= 15 is 0 Å². The van der Waals surface area contributed by atoms with Gasteiger partial charge in [0.1, 0.15) is 23.9 Å². The molecule has 0 unspecified atom stereocenters. The van der Waals surface area contributed by atoms with Crippen molar-refractivity contribution in [1.29, 1.82) is 0 Å². The van der Waals surface area contributed by atoms with Gasteiger partial charge in [0, 0.05) is 5.02 Å². The van der Waals surface area contributed by atoms with Crippen LogP contribution in [0, 0.1) is 6.92 Å². The predicted molar refractivity (Wildman–Crippen MR) is 125 cm³/mol. The quantitative estimate of drug-likeness (QED) is 0.399. The third-order valence-corrected chi connectivity index (χ3v) is 5.28. The van der Waals surface area contributed by atoms with Crippen molar-refractivity contribution in [2.45, 2.75) is 20.0 Å². The highest BCUT2D eigenvalue weighted by molar-refractivity contribution is 6.30. The summed E-state index contributed by atoms with van der Waals surface area (Å²) in [6.07, 6.45) is 0. The van der Waals surface area contributed by atoms with Crippen LogP contribution in [0.1, 0.15) is 11.4 Å². The Labute approximate surface area is 191 Å². The van der Waals surface area contributed by atoms with Crippen LogP contribution >= 0.6 is 11.6 Å². The van der Waals surface area contributed by atoms with E-state index in [0.717, 1.165) is 28.2 Å². The molecule has 4 rings (SSSR count). The predicted octanol–water partition coefficient (Wildman–Crippen LogP) is 4.77. The van der Waals surface area contributed by atoms with Gasteiger partial charge in [-0.3, -0.25) is 4.79 Å². The van der Waals surface area contributed by atoms with Crippen molar-refractivity contribution in [3.63, 3.8) is 0 Å². The van der Waals surface area contributed by atoms with Gasteiger partial charge in [-0.1, -0.05) is 41.9 Å². The number of nitrogens with zero attached hydrogens (tertiary/aromatic N) is 2. The topological polar surface area (TPSA) is 65.4 Å². The summed E-state index contributed by atoms with van der Waals surface area (Å²) in [7, 11) is 0. The Hall–Kier alpha value is -3.51. The van der Waals surface area contributed by atoms with Gasteiger partial charge in [0.2, 0.25) is 0 Å². The van der Waals surface area contributed by atoms with Gasteiger partial charge in [-0.25, -0.2) is 4.98 Å². The lowest BCUT2D eigenvalue weighted by Crippen LogP contribution is -2.29. The number of halogens is 1. The Balaban J connectivity index is 1.38. The lowest BCUT2D eigenvalue weighted by molar-refractivity contribution is -0.123. The smallest absolute Gasteiger partial charge is 0.258 e. The summed E-state index contributed by atoms with van der Waals surface area (Å²) in [6, 6.07) is 22.7. The molecular weight excluding hydrogens is 426 g/mol. The minimum atomic E-state index is -0.227. The number of hydrogen-bond donors (Lipinski definition) is 1. The van der Waals surface area contributed by atoms with Crippen molar-refractivity contribution < 1.29 is 14.3 Å². The van der Waals surface area contributed by atoms with E-state index in [1.54, 1.807) is 24.3 Å². The first-order valence-electron chi connectivity index (χ1n) is 10.4. The first-order valence-corrected chi connectivity index (χ1v) is 10.8. The first-order chi connectivity index (χ1) is 15.6. The fourth-order valence-electron chi connectivity index (χ4n) is 3.38. The van der Waals surface area contributed by atoms with E-state index in [0.29, 0.717) is 30.5 Å². The molecule has 32 heavy (non-hydrogen) atoms. The number of carbonyl (C=O) groups is 1. The maximum atomic E-state index is 12.3. The van der Waals surface area contributed by atoms with Crippen LogP contribution in [-0.4, -0.2) is 28.7 Å². The van der Waals surface area contributed by atoms with Crippen molar-refractivity contribution in [1.82, 2.24) is 14.9 Å². The summed E-state index contributed by atoms with van der Waals surface area (Å²) in [4.78, 5) is 17.0. The number of imidazole rings is 1. The molecule has 164 valence electrons. The van der Waals surface area contributed by atoms with Crippen LogP contribution in [0.5, 0.6) is 11.5 Å². The highest BCUT2D eigenvalue weighted by Crippen LogP contribution is 2.19. The molecule has 0 aliphatic rings. The molecule has 0 saturated heterocycles. The third-order valence-electron chi connectivity index (χ3n) is 5.03. The normalized spacial score (nSPS) is 10.8. The molecule has 0 fully saturated rings. The lowest BCUT2D eigenvalue weighted by atomic mass is 10.2. The number of carbonyl (C=O) groups excluding carboxylic acids is 1. The maximum absolute atomic E-state index is 12.3. The van der Waals surface area contributed by atoms with Crippen LogP contribution in [0.2, 0.25) is 5.02 Å². The van der Waals surface area contributed by atoms with E-state index in [9.17, 15) is 4.79 Å². The minimum absolute atomic E-state index is 0.0851. The minimum Gasteiger partial charge on any atom is -0.491 e. The number of amides is 1. The second-order valence-electron chi connectivity index (χ2n) is 7.30. The molecule has 1 heterocycles. The Morgan fingerprint density at radius 1 is 1.00 bits per heavy atom. The molecular formula is C25H24ClN3O3. The van der Waals surface area contributed by atoms with E-state index < -0.39 is 0 Å². The average Bonchev–Trinajstić information content (AvgIpc) is 3.16. The summed E-state index contributed by atoms with van der Waals surface area (Å²) in [5.41, 5.74) is 2.98. The molecule has 0 atom stereocenters. The first kappa shape index (κ1) is 21.7. The summed E-state index contributed by atoms with van der Waals surface area (Å²) in [5, 5.41) is 3.50. The van der Waals surface area contributed by atoms with Crippen LogP contribution in [0.25, 0.3) is 11.0 Å². The Morgan fingerprint density at radius 3 is 2.56 bits per heavy atom. The lowest BCUT2D eigenvalue weighted by Gasteiger charge is -2.13. The second-order valence-corrected chi connectivity index (χ2v) is 7.74. The fraction of sp³-hybridized carbons (Fsp3) is 0.200. The van der Waals surface area contributed by atoms with Gasteiger partial charge in [-0.05, 0) is 55.0 Å². The van der Waals surface area contributed by atoms with Crippen LogP contribution in [0.3, 0.4) is 0 Å². The zero-order chi connectivity index (χ0) is 22.3. The van der Waals surface area contributed by atoms with Gasteiger partial charge in [0.25, 0.3) is 5.91 Å². The second kappa shape index (κ2) is 10.2. The third kappa shape index (κ3) is 5.39. The monoisotopic (exact) mass is 449 g/mol. The Kier molecular flexibility index (Phi) is 6.92. The number of hydrogen-bond acceptors (Lipinski definition) is 4. The highest BCUT2D eigenvalue weighted by Gasteiger charge is 2.12. The summed E-state index contributed by atoms with van der Waals surface area (Å²) >= 11 is 5.87. The van der Waals surface area contributed by atoms with Crippen LogP contribution < -0.4 is 14.8 Å². The number of ether oxygens (including phenoxy) is 2. The van der Waals surface area contributed by atoms with Gasteiger partial charge in [0.05, 0.1) is 24.1 Å². The van der Waals surface area contributed by atoms with E-state index in [-0.39, 0.29) is 12.5 Å². The number of benzene rings is 3. The number of nitrogens with one attached hydrogen (secondary N) is 1. The van der Waals surface area contributed by atoms with Gasteiger partial charge < -0.3 is 19.4 Å². The maximum Gasteiger partial charge on any atom is 0.258 e. The molecule has 1 aromatic heterocycles. The van der Waals surface area contributed by atoms with Crippen LogP contribution in [-0.2, 0) is 17.9 Å². The molecule has 0 spiro atoms. The van der Waals surface area contributed by atoms with Gasteiger partial charge in [-0.2, -0.15) is 0 Å². The molecule has 4 aromatic rings. The summed E-state index contributed by atoms with van der Waals surface area (Å²) in [6.45, 7) is 3.34. The van der Waals surface area contributed by atoms with Crippen molar-refractivity contribution in [3.8, 4) is 11.5 Å². The summed E-state index contributed by atoms with van der Waals surface area (Å²) < 4.78 is 13.6. The van der Waals surface area contributed by atoms with Crippen molar-refractivity contribution in [2.75, 3.05) is 13.2 Å². The molecule has 0 aliphatic carbocycles. The number of fused-ring (bicyclic) bond motifs is 1. The molecule has 0 saturated carbocycles. The molecule has 3 aromatic carbocycles.